The lowest BCUT2D eigenvalue weighted by molar-refractivity contribution is -0.126. The van der Waals surface area contributed by atoms with Gasteiger partial charge in [0.1, 0.15) is 29.3 Å². The molecule has 2 N–H and O–H groups in total. The predicted molar refractivity (Wildman–Crippen MR) is 136 cm³/mol. The van der Waals surface area contributed by atoms with E-state index in [1.807, 2.05) is 54.6 Å². The smallest absolute Gasteiger partial charge is 0.249 e. The van der Waals surface area contributed by atoms with Crippen LogP contribution in [0.15, 0.2) is 73.1 Å². The maximum atomic E-state index is 12.7. The van der Waals surface area contributed by atoms with Crippen LogP contribution in [0.2, 0.25) is 0 Å². The monoisotopic (exact) mass is 479 g/mol. The molecule has 36 heavy (non-hydrogen) atoms. The summed E-state index contributed by atoms with van der Waals surface area (Å²) in [6, 6.07) is 19.3. The second kappa shape index (κ2) is 9.50. The van der Waals surface area contributed by atoms with Crippen molar-refractivity contribution in [3.63, 3.8) is 0 Å². The number of hydrogen-bond donors (Lipinski definition) is 1. The number of nitrogens with zero attached hydrogens (tertiary/aromatic N) is 6. The highest BCUT2D eigenvalue weighted by molar-refractivity contribution is 5.98. The van der Waals surface area contributed by atoms with E-state index < -0.39 is 0 Å². The molecule has 1 saturated carbocycles. The summed E-state index contributed by atoms with van der Waals surface area (Å²) >= 11 is 0. The molecule has 2 atom stereocenters. The average Bonchev–Trinajstić information content (AvgIpc) is 3.60. The summed E-state index contributed by atoms with van der Waals surface area (Å²) in [5, 5.41) is 14.5. The standard InChI is InChI=1S/C27H25N7O2/c1-17(22-14-19(22)15-28)27(35)33(2)12-13-34-26-23(25(29)30-16-31-26)24(32-34)18-8-10-21(11-9-18)36-20-6-4-3-5-7-20/h3-11,16,19,22H,1,12-14H2,2H3,(H2,29,30,31). The number of carbonyl (C=O) groups is 1. The van der Waals surface area contributed by atoms with E-state index in [2.05, 4.69) is 22.6 Å². The van der Waals surface area contributed by atoms with Crippen molar-refractivity contribution in [3.8, 4) is 28.8 Å². The Morgan fingerprint density at radius 1 is 1.19 bits per heavy atom. The van der Waals surface area contributed by atoms with Crippen LogP contribution in [-0.4, -0.2) is 44.1 Å². The first kappa shape index (κ1) is 23.1. The van der Waals surface area contributed by atoms with Gasteiger partial charge in [0.2, 0.25) is 5.91 Å². The van der Waals surface area contributed by atoms with Crippen LogP contribution in [0.5, 0.6) is 11.5 Å². The van der Waals surface area contributed by atoms with Gasteiger partial charge < -0.3 is 15.4 Å². The van der Waals surface area contributed by atoms with E-state index in [9.17, 15) is 4.79 Å². The molecule has 180 valence electrons. The molecular weight excluding hydrogens is 454 g/mol. The Kier molecular flexibility index (Phi) is 6.09. The van der Waals surface area contributed by atoms with Crippen LogP contribution in [-0.2, 0) is 11.3 Å². The minimum absolute atomic E-state index is 0.0385. The summed E-state index contributed by atoms with van der Waals surface area (Å²) in [6.45, 7) is 4.72. The number of aromatic nitrogens is 4. The summed E-state index contributed by atoms with van der Waals surface area (Å²) in [5.74, 6) is 1.49. The van der Waals surface area contributed by atoms with Crippen molar-refractivity contribution in [3.05, 3.63) is 73.1 Å². The molecule has 0 saturated heterocycles. The molecule has 0 spiro atoms. The van der Waals surface area contributed by atoms with Gasteiger partial charge in [0.15, 0.2) is 5.65 Å². The molecule has 9 nitrogen and oxygen atoms in total. The number of benzene rings is 2. The minimum Gasteiger partial charge on any atom is -0.457 e. The quantitative estimate of drug-likeness (QED) is 0.378. The number of nitrogen functional groups attached to an aromatic ring is 1. The molecule has 1 aliphatic carbocycles. The van der Waals surface area contributed by atoms with E-state index >= 15 is 0 Å². The Balaban J connectivity index is 1.35. The number of nitrogens with two attached hydrogens (primary N) is 1. The highest BCUT2D eigenvalue weighted by Crippen LogP contribution is 2.43. The van der Waals surface area contributed by atoms with Gasteiger partial charge >= 0.3 is 0 Å². The number of para-hydroxylation sites is 1. The number of nitriles is 1. The molecule has 2 aromatic heterocycles. The Hall–Kier alpha value is -4.71. The van der Waals surface area contributed by atoms with Gasteiger partial charge in [-0.05, 0) is 42.8 Å². The molecule has 1 fully saturated rings. The van der Waals surface area contributed by atoms with E-state index in [1.165, 1.54) is 6.33 Å². The molecule has 2 aromatic carbocycles. The molecule has 0 bridgehead atoms. The summed E-state index contributed by atoms with van der Waals surface area (Å²) in [5.41, 5.74) is 8.79. The second-order valence-corrected chi connectivity index (χ2v) is 8.80. The number of carbonyl (C=O) groups excluding carboxylic acids is 1. The molecule has 5 rings (SSSR count). The molecular formula is C27H25N7O2. The molecule has 4 aromatic rings. The lowest BCUT2D eigenvalue weighted by Gasteiger charge is -2.18. The van der Waals surface area contributed by atoms with Gasteiger partial charge in [0.25, 0.3) is 0 Å². The Labute approximate surface area is 208 Å². The number of hydrogen-bond acceptors (Lipinski definition) is 7. The maximum Gasteiger partial charge on any atom is 0.249 e. The molecule has 0 radical (unpaired) electrons. The average molecular weight is 480 g/mol. The number of ether oxygens (including phenoxy) is 1. The van der Waals surface area contributed by atoms with Crippen LogP contribution in [0.25, 0.3) is 22.3 Å². The first-order valence-electron chi connectivity index (χ1n) is 11.6. The van der Waals surface area contributed by atoms with Crippen LogP contribution in [0.3, 0.4) is 0 Å². The molecule has 2 unspecified atom stereocenters. The van der Waals surface area contributed by atoms with Crippen LogP contribution in [0.4, 0.5) is 5.82 Å². The summed E-state index contributed by atoms with van der Waals surface area (Å²) < 4.78 is 7.62. The van der Waals surface area contributed by atoms with Crippen molar-refractivity contribution in [1.29, 1.82) is 5.26 Å². The number of likely N-dealkylation sites (N-methyl/N-ethyl adjacent to an activating group) is 1. The second-order valence-electron chi connectivity index (χ2n) is 8.80. The summed E-state index contributed by atoms with van der Waals surface area (Å²) in [4.78, 5) is 22.9. The van der Waals surface area contributed by atoms with Gasteiger partial charge in [-0.15, -0.1) is 0 Å². The van der Waals surface area contributed by atoms with Crippen LogP contribution in [0, 0.1) is 23.2 Å². The van der Waals surface area contributed by atoms with E-state index in [4.69, 9.17) is 20.8 Å². The molecule has 9 heteroatoms. The van der Waals surface area contributed by atoms with E-state index in [1.54, 1.807) is 16.6 Å². The van der Waals surface area contributed by atoms with Crippen molar-refractivity contribution < 1.29 is 9.53 Å². The van der Waals surface area contributed by atoms with Gasteiger partial charge in [-0.2, -0.15) is 10.4 Å². The normalized spacial score (nSPS) is 16.3. The Morgan fingerprint density at radius 3 is 2.61 bits per heavy atom. The fourth-order valence-electron chi connectivity index (χ4n) is 4.17. The van der Waals surface area contributed by atoms with Gasteiger partial charge in [-0.3, -0.25) is 4.79 Å². The minimum atomic E-state index is -0.155. The van der Waals surface area contributed by atoms with E-state index in [-0.39, 0.29) is 17.7 Å². The van der Waals surface area contributed by atoms with Gasteiger partial charge in [-0.25, -0.2) is 14.6 Å². The topological polar surface area (TPSA) is 123 Å². The third kappa shape index (κ3) is 4.49. The van der Waals surface area contributed by atoms with Crippen molar-refractivity contribution in [2.24, 2.45) is 11.8 Å². The fourth-order valence-corrected chi connectivity index (χ4v) is 4.17. The van der Waals surface area contributed by atoms with Crippen molar-refractivity contribution in [1.82, 2.24) is 24.6 Å². The third-order valence-corrected chi connectivity index (χ3v) is 6.34. The Bertz CT molecular complexity index is 1470. The van der Waals surface area contributed by atoms with Gasteiger partial charge in [0.05, 0.1) is 23.9 Å². The number of fused-ring (bicyclic) bond motifs is 1. The van der Waals surface area contributed by atoms with Crippen LogP contribution < -0.4 is 10.5 Å². The van der Waals surface area contributed by atoms with Gasteiger partial charge in [0, 0.05) is 30.6 Å². The molecule has 2 heterocycles. The van der Waals surface area contributed by atoms with E-state index in [0.29, 0.717) is 53.4 Å². The Morgan fingerprint density at radius 2 is 1.92 bits per heavy atom. The van der Waals surface area contributed by atoms with E-state index in [0.717, 1.165) is 11.3 Å². The zero-order valence-electron chi connectivity index (χ0n) is 19.8. The highest BCUT2D eigenvalue weighted by Gasteiger charge is 2.42. The van der Waals surface area contributed by atoms with Crippen molar-refractivity contribution in [2.45, 2.75) is 13.0 Å². The van der Waals surface area contributed by atoms with Gasteiger partial charge in [-0.1, -0.05) is 24.8 Å². The van der Waals surface area contributed by atoms with Crippen LogP contribution in [0.1, 0.15) is 6.42 Å². The predicted octanol–water partition coefficient (Wildman–Crippen LogP) is 4.04. The zero-order valence-corrected chi connectivity index (χ0v) is 19.8. The van der Waals surface area contributed by atoms with Crippen molar-refractivity contribution in [2.75, 3.05) is 19.3 Å². The lowest BCUT2D eigenvalue weighted by Crippen LogP contribution is -2.31. The first-order chi connectivity index (χ1) is 17.5. The van der Waals surface area contributed by atoms with Crippen LogP contribution >= 0.6 is 0 Å². The number of amides is 1. The number of anilines is 1. The maximum absolute atomic E-state index is 12.7. The fraction of sp³-hybridized carbons (Fsp3) is 0.222. The molecule has 0 aliphatic heterocycles. The first-order valence-corrected chi connectivity index (χ1v) is 11.6. The molecule has 1 aliphatic rings. The molecule has 1 amide bonds. The third-order valence-electron chi connectivity index (χ3n) is 6.34. The van der Waals surface area contributed by atoms with Crippen molar-refractivity contribution >= 4 is 22.8 Å². The SMILES string of the molecule is C=C(C(=O)N(C)CCn1nc(-c2ccc(Oc3ccccc3)cc2)c2c(N)ncnc21)C1CC1C#N. The summed E-state index contributed by atoms with van der Waals surface area (Å²) in [7, 11) is 1.72. The lowest BCUT2D eigenvalue weighted by atomic mass is 10.1. The number of rotatable bonds is 8. The largest absolute Gasteiger partial charge is 0.457 e. The summed E-state index contributed by atoms with van der Waals surface area (Å²) in [6.07, 6.45) is 2.11. The highest BCUT2D eigenvalue weighted by atomic mass is 16.5. The zero-order chi connectivity index (χ0) is 25.2.